The minimum Gasteiger partial charge on any atom is -0.330 e. The zero-order valence-corrected chi connectivity index (χ0v) is 13.0. The Morgan fingerprint density at radius 1 is 1.50 bits per heavy atom. The van der Waals surface area contributed by atoms with Crippen LogP contribution in [-0.4, -0.2) is 17.8 Å². The monoisotopic (exact) mass is 308 g/mol. The zero-order chi connectivity index (χ0) is 14.1. The number of halogens is 1. The number of nitrogens with two attached hydrogens (primary N) is 1. The fourth-order valence-corrected chi connectivity index (χ4v) is 4.65. The van der Waals surface area contributed by atoms with E-state index in [1.54, 1.807) is 29.2 Å². The van der Waals surface area contributed by atoms with Crippen LogP contribution in [0.5, 0.6) is 0 Å². The lowest BCUT2D eigenvalue weighted by Gasteiger charge is -2.18. The lowest BCUT2D eigenvalue weighted by molar-refractivity contribution is 0.554. The number of fused-ring (bicyclic) bond motifs is 1. The Kier molecular flexibility index (Phi) is 4.10. The molecular weight excluding hydrogens is 291 g/mol. The van der Waals surface area contributed by atoms with Crippen molar-refractivity contribution in [1.82, 2.24) is 4.98 Å². The molecule has 0 fully saturated rings. The Balaban J connectivity index is 2.10. The zero-order valence-electron chi connectivity index (χ0n) is 11.4. The minimum absolute atomic E-state index is 0.188. The van der Waals surface area contributed by atoms with Gasteiger partial charge in [0.05, 0.1) is 11.3 Å². The van der Waals surface area contributed by atoms with E-state index in [1.807, 2.05) is 12.3 Å². The van der Waals surface area contributed by atoms with E-state index in [-0.39, 0.29) is 5.82 Å². The number of aryl methyl sites for hydroxylation is 1. The normalized spacial score (nSPS) is 18.1. The second-order valence-corrected chi connectivity index (χ2v) is 6.90. The molecular formula is C15H17FN2S2. The van der Waals surface area contributed by atoms with E-state index in [0.717, 1.165) is 34.9 Å². The molecule has 1 aromatic heterocycles. The van der Waals surface area contributed by atoms with Crippen molar-refractivity contribution in [2.75, 3.05) is 12.8 Å². The summed E-state index contributed by atoms with van der Waals surface area (Å²) in [7, 11) is 0. The molecule has 1 aliphatic rings. The van der Waals surface area contributed by atoms with Crippen molar-refractivity contribution < 1.29 is 4.39 Å². The second-order valence-electron chi connectivity index (χ2n) is 4.97. The summed E-state index contributed by atoms with van der Waals surface area (Å²) >= 11 is 3.19. The number of aromatic nitrogens is 1. The van der Waals surface area contributed by atoms with Crippen molar-refractivity contribution in [2.45, 2.75) is 30.1 Å². The third kappa shape index (κ3) is 2.38. The van der Waals surface area contributed by atoms with Gasteiger partial charge in [-0.05, 0) is 37.7 Å². The molecule has 1 unspecified atom stereocenters. The maximum atomic E-state index is 14.2. The van der Waals surface area contributed by atoms with Crippen LogP contribution >= 0.6 is 23.1 Å². The molecule has 0 saturated heterocycles. The van der Waals surface area contributed by atoms with Gasteiger partial charge in [0, 0.05) is 22.2 Å². The molecule has 106 valence electrons. The summed E-state index contributed by atoms with van der Waals surface area (Å²) in [5, 5.41) is 0.804. The van der Waals surface area contributed by atoms with Crippen LogP contribution in [0.4, 0.5) is 4.39 Å². The molecule has 0 bridgehead atoms. The quantitative estimate of drug-likeness (QED) is 0.869. The highest BCUT2D eigenvalue weighted by Gasteiger charge is 2.25. The summed E-state index contributed by atoms with van der Waals surface area (Å²) in [5.41, 5.74) is 7.59. The van der Waals surface area contributed by atoms with E-state index in [1.165, 1.54) is 10.9 Å². The molecule has 2 N–H and O–H groups in total. The second kappa shape index (κ2) is 5.84. The molecule has 2 nitrogen and oxygen atoms in total. The molecule has 0 spiro atoms. The van der Waals surface area contributed by atoms with Crippen LogP contribution in [0.2, 0.25) is 0 Å². The van der Waals surface area contributed by atoms with Gasteiger partial charge in [-0.25, -0.2) is 9.37 Å². The van der Waals surface area contributed by atoms with E-state index in [9.17, 15) is 4.39 Å². The van der Waals surface area contributed by atoms with E-state index >= 15 is 0 Å². The van der Waals surface area contributed by atoms with Gasteiger partial charge in [0.25, 0.3) is 0 Å². The lowest BCUT2D eigenvalue weighted by Crippen LogP contribution is -2.17. The SMILES string of the molecule is CSc1cccc(F)c1-c1nc2c(s1)CCCC2CN. The molecule has 1 aromatic carbocycles. The van der Waals surface area contributed by atoms with Gasteiger partial charge in [-0.15, -0.1) is 23.1 Å². The van der Waals surface area contributed by atoms with Crippen LogP contribution in [0, 0.1) is 5.82 Å². The van der Waals surface area contributed by atoms with E-state index in [2.05, 4.69) is 0 Å². The maximum Gasteiger partial charge on any atom is 0.134 e. The van der Waals surface area contributed by atoms with Gasteiger partial charge in [0.15, 0.2) is 0 Å². The van der Waals surface area contributed by atoms with Crippen molar-refractivity contribution >= 4 is 23.1 Å². The molecule has 2 aromatic rings. The smallest absolute Gasteiger partial charge is 0.134 e. The fourth-order valence-electron chi connectivity index (χ4n) is 2.73. The number of hydrogen-bond acceptors (Lipinski definition) is 4. The molecule has 1 atom stereocenters. The molecule has 3 rings (SSSR count). The van der Waals surface area contributed by atoms with Gasteiger partial charge in [0.1, 0.15) is 10.8 Å². The van der Waals surface area contributed by atoms with E-state index in [0.29, 0.717) is 18.0 Å². The van der Waals surface area contributed by atoms with Gasteiger partial charge in [-0.2, -0.15) is 0 Å². The topological polar surface area (TPSA) is 38.9 Å². The first-order valence-electron chi connectivity index (χ1n) is 6.77. The van der Waals surface area contributed by atoms with Gasteiger partial charge >= 0.3 is 0 Å². The minimum atomic E-state index is -0.188. The van der Waals surface area contributed by atoms with Gasteiger partial charge in [-0.1, -0.05) is 6.07 Å². The Labute approximate surface area is 126 Å². The number of thiazole rings is 1. The molecule has 0 saturated carbocycles. The molecule has 0 radical (unpaired) electrons. The Hall–Kier alpha value is -0.910. The average Bonchev–Trinajstić information content (AvgIpc) is 2.90. The number of thioether (sulfide) groups is 1. The van der Waals surface area contributed by atoms with Crippen LogP contribution in [0.15, 0.2) is 23.1 Å². The van der Waals surface area contributed by atoms with Crippen LogP contribution in [0.3, 0.4) is 0 Å². The first-order chi connectivity index (χ1) is 9.74. The highest BCUT2D eigenvalue weighted by Crippen LogP contribution is 2.41. The van der Waals surface area contributed by atoms with Crippen molar-refractivity contribution in [2.24, 2.45) is 5.73 Å². The highest BCUT2D eigenvalue weighted by molar-refractivity contribution is 7.98. The van der Waals surface area contributed by atoms with Crippen LogP contribution in [0.25, 0.3) is 10.6 Å². The summed E-state index contributed by atoms with van der Waals surface area (Å²) < 4.78 is 14.2. The average molecular weight is 308 g/mol. The number of rotatable bonds is 3. The maximum absolute atomic E-state index is 14.2. The lowest BCUT2D eigenvalue weighted by atomic mass is 9.91. The van der Waals surface area contributed by atoms with Crippen molar-refractivity contribution in [3.8, 4) is 10.6 Å². The van der Waals surface area contributed by atoms with Crippen LogP contribution < -0.4 is 5.73 Å². The molecule has 20 heavy (non-hydrogen) atoms. The number of hydrogen-bond donors (Lipinski definition) is 1. The van der Waals surface area contributed by atoms with Crippen molar-refractivity contribution in [3.63, 3.8) is 0 Å². The van der Waals surface area contributed by atoms with Crippen molar-refractivity contribution in [3.05, 3.63) is 34.6 Å². The Morgan fingerprint density at radius 3 is 3.10 bits per heavy atom. The van der Waals surface area contributed by atoms with Gasteiger partial charge in [-0.3, -0.25) is 0 Å². The highest BCUT2D eigenvalue weighted by atomic mass is 32.2. The van der Waals surface area contributed by atoms with Crippen LogP contribution in [-0.2, 0) is 6.42 Å². The first kappa shape index (κ1) is 14.0. The van der Waals surface area contributed by atoms with Crippen molar-refractivity contribution in [1.29, 1.82) is 0 Å². The summed E-state index contributed by atoms with van der Waals surface area (Å²) in [6.07, 6.45) is 5.27. The van der Waals surface area contributed by atoms with Gasteiger partial charge < -0.3 is 5.73 Å². The fraction of sp³-hybridized carbons (Fsp3) is 0.400. The number of nitrogens with zero attached hydrogens (tertiary/aromatic N) is 1. The predicted molar refractivity (Wildman–Crippen MR) is 84.0 cm³/mol. The third-order valence-electron chi connectivity index (χ3n) is 3.76. The molecule has 1 aliphatic carbocycles. The molecule has 0 aliphatic heterocycles. The standard InChI is InChI=1S/C15H17FN2S2/c1-19-11-6-3-5-10(16)13(11)15-18-14-9(8-17)4-2-7-12(14)20-15/h3,5-6,9H,2,4,7-8,17H2,1H3. The van der Waals surface area contributed by atoms with Crippen LogP contribution in [0.1, 0.15) is 29.3 Å². The largest absolute Gasteiger partial charge is 0.330 e. The molecule has 0 amide bonds. The number of benzene rings is 1. The van der Waals surface area contributed by atoms with Gasteiger partial charge in [0.2, 0.25) is 0 Å². The first-order valence-corrected chi connectivity index (χ1v) is 8.81. The summed E-state index contributed by atoms with van der Waals surface area (Å²) in [5.74, 6) is 0.153. The summed E-state index contributed by atoms with van der Waals surface area (Å²) in [6, 6.07) is 5.21. The van der Waals surface area contributed by atoms with E-state index < -0.39 is 0 Å². The molecule has 5 heteroatoms. The molecule has 1 heterocycles. The third-order valence-corrected chi connectivity index (χ3v) is 5.69. The Morgan fingerprint density at radius 2 is 2.35 bits per heavy atom. The predicted octanol–water partition coefficient (Wildman–Crippen LogP) is 4.05. The summed E-state index contributed by atoms with van der Waals surface area (Å²) in [6.45, 7) is 0.628. The van der Waals surface area contributed by atoms with E-state index in [4.69, 9.17) is 10.7 Å². The Bertz CT molecular complexity index is 624. The summed E-state index contributed by atoms with van der Waals surface area (Å²) in [4.78, 5) is 6.96.